The van der Waals surface area contributed by atoms with E-state index in [9.17, 15) is 0 Å². The van der Waals surface area contributed by atoms with Crippen molar-refractivity contribution in [1.29, 1.82) is 0 Å². The highest BCUT2D eigenvalue weighted by Gasteiger charge is 2.09. The van der Waals surface area contributed by atoms with Crippen molar-refractivity contribution < 1.29 is 0 Å². The second-order valence-electron chi connectivity index (χ2n) is 4.19. The van der Waals surface area contributed by atoms with Crippen LogP contribution >= 0.6 is 11.3 Å². The summed E-state index contributed by atoms with van der Waals surface area (Å²) in [5.74, 6) is 0. The summed E-state index contributed by atoms with van der Waals surface area (Å²) < 4.78 is 2.82. The van der Waals surface area contributed by atoms with E-state index in [1.165, 1.54) is 31.3 Å². The number of hydrogen-bond donors (Lipinski definition) is 0. The lowest BCUT2D eigenvalue weighted by molar-refractivity contribution is 1.13. The Morgan fingerprint density at radius 2 is 1.81 bits per heavy atom. The average molecular weight is 226 g/mol. The van der Waals surface area contributed by atoms with Crippen molar-refractivity contribution >= 4 is 31.5 Å². The van der Waals surface area contributed by atoms with Crippen LogP contribution in [0.5, 0.6) is 0 Å². The van der Waals surface area contributed by atoms with Gasteiger partial charge >= 0.3 is 0 Å². The Hall–Kier alpha value is -1.34. The van der Waals surface area contributed by atoms with E-state index >= 15 is 0 Å². The molecule has 0 aliphatic rings. The lowest BCUT2D eigenvalue weighted by atomic mass is 10.00. The largest absolute Gasteiger partial charge is 0.135 e. The first-order valence-corrected chi connectivity index (χ1v) is 6.52. The normalized spacial score (nSPS) is 11.4. The van der Waals surface area contributed by atoms with Crippen molar-refractivity contribution in [3.63, 3.8) is 0 Å². The zero-order chi connectivity index (χ0) is 11.1. The van der Waals surface area contributed by atoms with E-state index in [4.69, 9.17) is 0 Å². The van der Waals surface area contributed by atoms with Crippen LogP contribution < -0.4 is 0 Å². The molecule has 0 saturated carbocycles. The standard InChI is InChI=1S/C15H14S/c1-3-11-10(2)8-9-14-15(11)12-6-4-5-7-13(12)16-14/h4-9H,3H2,1-2H3. The predicted octanol–water partition coefficient (Wildman–Crippen LogP) is 4.93. The zero-order valence-corrected chi connectivity index (χ0v) is 10.4. The molecule has 80 valence electrons. The van der Waals surface area contributed by atoms with Crippen LogP contribution in [-0.2, 0) is 6.42 Å². The molecule has 0 amide bonds. The van der Waals surface area contributed by atoms with Gasteiger partial charge in [0, 0.05) is 20.2 Å². The summed E-state index contributed by atoms with van der Waals surface area (Å²) in [6, 6.07) is 13.2. The molecule has 0 bridgehead atoms. The van der Waals surface area contributed by atoms with Crippen LogP contribution in [0.15, 0.2) is 36.4 Å². The first-order valence-electron chi connectivity index (χ1n) is 5.71. The monoisotopic (exact) mass is 226 g/mol. The van der Waals surface area contributed by atoms with E-state index in [2.05, 4.69) is 50.2 Å². The van der Waals surface area contributed by atoms with E-state index in [-0.39, 0.29) is 0 Å². The van der Waals surface area contributed by atoms with Gasteiger partial charge in [-0.2, -0.15) is 0 Å². The smallest absolute Gasteiger partial charge is 0.0358 e. The summed E-state index contributed by atoms with van der Waals surface area (Å²) >= 11 is 1.90. The number of hydrogen-bond acceptors (Lipinski definition) is 1. The van der Waals surface area contributed by atoms with Gasteiger partial charge in [0.1, 0.15) is 0 Å². The Labute approximate surface area is 99.5 Å². The van der Waals surface area contributed by atoms with Gasteiger partial charge in [-0.1, -0.05) is 31.2 Å². The van der Waals surface area contributed by atoms with Crippen LogP contribution in [0, 0.1) is 6.92 Å². The van der Waals surface area contributed by atoms with Gasteiger partial charge in [-0.15, -0.1) is 11.3 Å². The number of rotatable bonds is 1. The molecule has 1 heteroatoms. The lowest BCUT2D eigenvalue weighted by Gasteiger charge is -2.05. The van der Waals surface area contributed by atoms with Gasteiger partial charge in [0.25, 0.3) is 0 Å². The molecule has 1 aromatic heterocycles. The highest BCUT2D eigenvalue weighted by molar-refractivity contribution is 7.25. The van der Waals surface area contributed by atoms with Crippen LogP contribution in [0.3, 0.4) is 0 Å². The fraction of sp³-hybridized carbons (Fsp3) is 0.200. The summed E-state index contributed by atoms with van der Waals surface area (Å²) in [6.07, 6.45) is 1.11. The molecule has 0 spiro atoms. The summed E-state index contributed by atoms with van der Waals surface area (Å²) in [5, 5.41) is 2.89. The fourth-order valence-electron chi connectivity index (χ4n) is 2.45. The topological polar surface area (TPSA) is 0 Å². The van der Waals surface area contributed by atoms with E-state index in [1.807, 2.05) is 11.3 Å². The van der Waals surface area contributed by atoms with Crippen molar-refractivity contribution in [2.24, 2.45) is 0 Å². The first-order chi connectivity index (χ1) is 7.81. The molecule has 1 heterocycles. The molecule has 2 aromatic carbocycles. The number of aryl methyl sites for hydroxylation is 2. The minimum Gasteiger partial charge on any atom is -0.135 e. The molecule has 3 aromatic rings. The van der Waals surface area contributed by atoms with Crippen LogP contribution in [0.1, 0.15) is 18.1 Å². The molecule has 0 N–H and O–H groups in total. The third-order valence-corrected chi connectivity index (χ3v) is 4.37. The Bertz CT molecular complexity index is 662. The number of thiophene rings is 1. The molecule has 0 saturated heterocycles. The van der Waals surface area contributed by atoms with Gasteiger partial charge in [-0.05, 0) is 36.6 Å². The fourth-order valence-corrected chi connectivity index (χ4v) is 3.58. The predicted molar refractivity (Wildman–Crippen MR) is 73.4 cm³/mol. The highest BCUT2D eigenvalue weighted by Crippen LogP contribution is 2.37. The van der Waals surface area contributed by atoms with Crippen molar-refractivity contribution in [1.82, 2.24) is 0 Å². The van der Waals surface area contributed by atoms with Gasteiger partial charge in [-0.3, -0.25) is 0 Å². The lowest BCUT2D eigenvalue weighted by Crippen LogP contribution is -1.86. The van der Waals surface area contributed by atoms with Crippen molar-refractivity contribution in [3.05, 3.63) is 47.5 Å². The first kappa shape index (κ1) is 9.86. The summed E-state index contributed by atoms with van der Waals surface area (Å²) in [5.41, 5.74) is 2.92. The van der Waals surface area contributed by atoms with E-state index in [0.717, 1.165) is 6.42 Å². The molecule has 16 heavy (non-hydrogen) atoms. The maximum atomic E-state index is 2.26. The highest BCUT2D eigenvalue weighted by atomic mass is 32.1. The quantitative estimate of drug-likeness (QED) is 0.552. The Morgan fingerprint density at radius 1 is 1.00 bits per heavy atom. The van der Waals surface area contributed by atoms with Crippen molar-refractivity contribution in [3.8, 4) is 0 Å². The maximum Gasteiger partial charge on any atom is 0.0358 e. The van der Waals surface area contributed by atoms with E-state index < -0.39 is 0 Å². The number of fused-ring (bicyclic) bond motifs is 3. The van der Waals surface area contributed by atoms with Gasteiger partial charge < -0.3 is 0 Å². The minimum atomic E-state index is 1.11. The number of benzene rings is 2. The van der Waals surface area contributed by atoms with Gasteiger partial charge in [-0.25, -0.2) is 0 Å². The molecule has 0 unspecified atom stereocenters. The summed E-state index contributed by atoms with van der Waals surface area (Å²) in [7, 11) is 0. The summed E-state index contributed by atoms with van der Waals surface area (Å²) in [4.78, 5) is 0. The molecule has 0 atom stereocenters. The van der Waals surface area contributed by atoms with Gasteiger partial charge in [0.15, 0.2) is 0 Å². The van der Waals surface area contributed by atoms with Gasteiger partial charge in [0.2, 0.25) is 0 Å². The van der Waals surface area contributed by atoms with Crippen LogP contribution in [-0.4, -0.2) is 0 Å². The average Bonchev–Trinajstić information content (AvgIpc) is 2.68. The minimum absolute atomic E-state index is 1.11. The molecule has 0 radical (unpaired) electrons. The van der Waals surface area contributed by atoms with Crippen molar-refractivity contribution in [2.75, 3.05) is 0 Å². The summed E-state index contributed by atoms with van der Waals surface area (Å²) in [6.45, 7) is 4.46. The van der Waals surface area contributed by atoms with Crippen LogP contribution in [0.4, 0.5) is 0 Å². The third kappa shape index (κ3) is 1.28. The Balaban J connectivity index is 2.57. The Morgan fingerprint density at radius 3 is 2.62 bits per heavy atom. The molecule has 0 aliphatic heterocycles. The molecule has 0 aliphatic carbocycles. The molecule has 0 nitrogen and oxygen atoms in total. The molecular formula is C15H14S. The molecular weight excluding hydrogens is 212 g/mol. The second-order valence-corrected chi connectivity index (χ2v) is 5.27. The third-order valence-electron chi connectivity index (χ3n) is 3.24. The molecule has 3 rings (SSSR count). The van der Waals surface area contributed by atoms with Crippen molar-refractivity contribution in [2.45, 2.75) is 20.3 Å². The van der Waals surface area contributed by atoms with Crippen LogP contribution in [0.25, 0.3) is 20.2 Å². The van der Waals surface area contributed by atoms with E-state index in [1.54, 1.807) is 0 Å². The zero-order valence-electron chi connectivity index (χ0n) is 9.58. The van der Waals surface area contributed by atoms with E-state index in [0.29, 0.717) is 0 Å². The Kier molecular flexibility index (Phi) is 2.22. The maximum absolute atomic E-state index is 2.26. The SMILES string of the molecule is CCc1c(C)ccc2sc3ccccc3c12. The van der Waals surface area contributed by atoms with Crippen LogP contribution in [0.2, 0.25) is 0 Å². The van der Waals surface area contributed by atoms with Gasteiger partial charge in [0.05, 0.1) is 0 Å². The molecule has 0 fully saturated rings. The second kappa shape index (κ2) is 3.60.